The minimum absolute atomic E-state index is 0.117. The molecule has 0 bridgehead atoms. The number of rotatable bonds is 6. The predicted octanol–water partition coefficient (Wildman–Crippen LogP) is 3.96. The van der Waals surface area contributed by atoms with Gasteiger partial charge < -0.3 is 9.47 Å². The molecule has 3 amide bonds. The van der Waals surface area contributed by atoms with E-state index in [1.54, 1.807) is 28.8 Å². The summed E-state index contributed by atoms with van der Waals surface area (Å²) in [7, 11) is 0. The number of amides is 3. The van der Waals surface area contributed by atoms with Gasteiger partial charge in [-0.3, -0.25) is 19.7 Å². The molecule has 38 heavy (non-hydrogen) atoms. The third-order valence-corrected chi connectivity index (χ3v) is 6.92. The summed E-state index contributed by atoms with van der Waals surface area (Å²) < 4.78 is 1.79. The third kappa shape index (κ3) is 3.83. The predicted molar refractivity (Wildman–Crippen MR) is 137 cm³/mol. The van der Waals surface area contributed by atoms with E-state index in [0.29, 0.717) is 23.6 Å². The highest BCUT2D eigenvalue weighted by Gasteiger charge is 2.49. The number of para-hydroxylation sites is 1. The standard InChI is InChI=1S/C28H21N5O5/c34-25(19-11-13-21(14-12-19)33(37)38)26-29-22-15-23-27(35)32(20-9-5-2-6-10-20)28(36)31(23)17-24(22)30(26)16-18-7-3-1-4-8-18/h1-14,23H,15-17H2. The summed E-state index contributed by atoms with van der Waals surface area (Å²) in [4.78, 5) is 58.1. The lowest BCUT2D eigenvalue weighted by Gasteiger charge is -2.27. The Morgan fingerprint density at radius 3 is 2.26 bits per heavy atom. The van der Waals surface area contributed by atoms with Crippen LogP contribution in [-0.4, -0.2) is 43.1 Å². The van der Waals surface area contributed by atoms with Crippen molar-refractivity contribution >= 4 is 29.1 Å². The number of hydrogen-bond acceptors (Lipinski definition) is 6. The van der Waals surface area contributed by atoms with Crippen molar-refractivity contribution in [2.75, 3.05) is 4.90 Å². The number of carbonyl (C=O) groups excluding carboxylic acids is 3. The molecule has 0 spiro atoms. The average molecular weight is 508 g/mol. The molecule has 0 radical (unpaired) electrons. The maximum absolute atomic E-state index is 13.6. The maximum Gasteiger partial charge on any atom is 0.332 e. The molecule has 4 aromatic rings. The van der Waals surface area contributed by atoms with Crippen LogP contribution in [0.5, 0.6) is 0 Å². The van der Waals surface area contributed by atoms with Crippen molar-refractivity contribution in [1.29, 1.82) is 0 Å². The lowest BCUT2D eigenvalue weighted by atomic mass is 10.0. The summed E-state index contributed by atoms with van der Waals surface area (Å²) in [6.07, 6.45) is 0.186. The second kappa shape index (κ2) is 9.07. The van der Waals surface area contributed by atoms with Gasteiger partial charge in [-0.15, -0.1) is 0 Å². The fourth-order valence-corrected chi connectivity index (χ4v) is 5.02. The fourth-order valence-electron chi connectivity index (χ4n) is 5.02. The molecule has 188 valence electrons. The van der Waals surface area contributed by atoms with Crippen LogP contribution in [0.3, 0.4) is 0 Å². The fraction of sp³-hybridized carbons (Fsp3) is 0.143. The maximum atomic E-state index is 13.6. The number of imide groups is 1. The van der Waals surface area contributed by atoms with E-state index in [1.165, 1.54) is 34.1 Å². The number of aromatic nitrogens is 2. The highest BCUT2D eigenvalue weighted by atomic mass is 16.6. The van der Waals surface area contributed by atoms with Crippen molar-refractivity contribution in [3.63, 3.8) is 0 Å². The smallest absolute Gasteiger partial charge is 0.319 e. The van der Waals surface area contributed by atoms with Crippen LogP contribution in [0.1, 0.15) is 33.1 Å². The lowest BCUT2D eigenvalue weighted by Crippen LogP contribution is -2.40. The number of ketones is 1. The number of anilines is 1. The van der Waals surface area contributed by atoms with Crippen LogP contribution in [0.15, 0.2) is 84.9 Å². The molecule has 3 aromatic carbocycles. The highest BCUT2D eigenvalue weighted by molar-refractivity contribution is 6.21. The van der Waals surface area contributed by atoms with Crippen molar-refractivity contribution in [1.82, 2.24) is 14.5 Å². The zero-order chi connectivity index (χ0) is 26.4. The number of nitro benzene ring substituents is 1. The van der Waals surface area contributed by atoms with Gasteiger partial charge in [-0.25, -0.2) is 14.7 Å². The molecule has 0 saturated carbocycles. The van der Waals surface area contributed by atoms with Gasteiger partial charge in [0.1, 0.15) is 6.04 Å². The Hall–Kier alpha value is -5.12. The molecule has 2 aliphatic rings. The number of nitro groups is 1. The summed E-state index contributed by atoms with van der Waals surface area (Å²) in [5.41, 5.74) is 2.86. The van der Waals surface area contributed by atoms with Gasteiger partial charge in [0, 0.05) is 30.7 Å². The zero-order valence-electron chi connectivity index (χ0n) is 20.1. The van der Waals surface area contributed by atoms with Crippen molar-refractivity contribution < 1.29 is 19.3 Å². The van der Waals surface area contributed by atoms with Gasteiger partial charge in [-0.05, 0) is 29.8 Å². The SMILES string of the molecule is O=C(c1ccc([N+](=O)[O-])cc1)c1nc2c(n1Cc1ccccc1)CN1C(=O)N(c3ccccc3)C(=O)C1C2. The second-order valence-electron chi connectivity index (χ2n) is 9.17. The number of carbonyl (C=O) groups is 3. The van der Waals surface area contributed by atoms with E-state index in [4.69, 9.17) is 0 Å². The number of nitrogens with zero attached hydrogens (tertiary/aromatic N) is 5. The van der Waals surface area contributed by atoms with Gasteiger partial charge in [0.2, 0.25) is 5.78 Å². The van der Waals surface area contributed by atoms with E-state index in [9.17, 15) is 24.5 Å². The van der Waals surface area contributed by atoms with Crippen molar-refractivity contribution in [2.24, 2.45) is 0 Å². The Balaban J connectivity index is 1.39. The largest absolute Gasteiger partial charge is 0.332 e. The Bertz CT molecular complexity index is 1580. The number of non-ortho nitro benzene ring substituents is 1. The van der Waals surface area contributed by atoms with Crippen molar-refractivity contribution in [3.8, 4) is 0 Å². The van der Waals surface area contributed by atoms with Gasteiger partial charge in [0.25, 0.3) is 11.6 Å². The summed E-state index contributed by atoms with van der Waals surface area (Å²) in [6.45, 7) is 0.460. The molecular weight excluding hydrogens is 486 g/mol. The topological polar surface area (TPSA) is 119 Å². The Morgan fingerprint density at radius 1 is 0.947 bits per heavy atom. The molecule has 10 nitrogen and oxygen atoms in total. The van der Waals surface area contributed by atoms with Gasteiger partial charge in [0.15, 0.2) is 5.82 Å². The minimum atomic E-state index is -0.711. The molecule has 2 aliphatic heterocycles. The third-order valence-electron chi connectivity index (χ3n) is 6.92. The van der Waals surface area contributed by atoms with Gasteiger partial charge >= 0.3 is 6.03 Å². The van der Waals surface area contributed by atoms with Crippen molar-refractivity contribution in [2.45, 2.75) is 25.6 Å². The molecule has 1 atom stereocenters. The quantitative estimate of drug-likeness (QED) is 0.169. The zero-order valence-corrected chi connectivity index (χ0v) is 20.1. The average Bonchev–Trinajstić information content (AvgIpc) is 3.41. The number of fused-ring (bicyclic) bond motifs is 2. The van der Waals surface area contributed by atoms with E-state index in [0.717, 1.165) is 5.56 Å². The normalized spacial score (nSPS) is 16.4. The molecule has 1 fully saturated rings. The molecule has 10 heteroatoms. The lowest BCUT2D eigenvalue weighted by molar-refractivity contribution is -0.384. The molecule has 0 aliphatic carbocycles. The number of hydrogen-bond donors (Lipinski definition) is 0. The molecule has 3 heterocycles. The van der Waals surface area contributed by atoms with E-state index in [1.807, 2.05) is 36.4 Å². The first-order valence-electron chi connectivity index (χ1n) is 12.0. The van der Waals surface area contributed by atoms with E-state index < -0.39 is 22.8 Å². The van der Waals surface area contributed by atoms with Crippen LogP contribution in [0.2, 0.25) is 0 Å². The molecule has 1 aromatic heterocycles. The summed E-state index contributed by atoms with van der Waals surface area (Å²) >= 11 is 0. The van der Waals surface area contributed by atoms with Crippen molar-refractivity contribution in [3.05, 3.63) is 123 Å². The van der Waals surface area contributed by atoms with Crippen LogP contribution < -0.4 is 4.90 Å². The first-order chi connectivity index (χ1) is 18.4. The Labute approximate surface area is 216 Å². The van der Waals surface area contributed by atoms with Crippen LogP contribution >= 0.6 is 0 Å². The molecule has 1 unspecified atom stereocenters. The Morgan fingerprint density at radius 2 is 1.61 bits per heavy atom. The Kier molecular flexibility index (Phi) is 5.56. The van der Waals surface area contributed by atoms with Crippen LogP contribution in [-0.2, 0) is 24.3 Å². The van der Waals surface area contributed by atoms with Crippen LogP contribution in [0.25, 0.3) is 0 Å². The van der Waals surface area contributed by atoms with Crippen LogP contribution in [0.4, 0.5) is 16.2 Å². The molecule has 0 N–H and O–H groups in total. The van der Waals surface area contributed by atoms with Gasteiger partial charge in [-0.2, -0.15) is 0 Å². The summed E-state index contributed by atoms with van der Waals surface area (Å²) in [5.74, 6) is -0.560. The van der Waals surface area contributed by atoms with E-state index in [2.05, 4.69) is 4.98 Å². The first-order valence-corrected chi connectivity index (χ1v) is 12.0. The molecular formula is C28H21N5O5. The second-order valence-corrected chi connectivity index (χ2v) is 9.17. The van der Waals surface area contributed by atoms with Gasteiger partial charge in [0.05, 0.1) is 28.5 Å². The molecule has 1 saturated heterocycles. The minimum Gasteiger partial charge on any atom is -0.319 e. The highest BCUT2D eigenvalue weighted by Crippen LogP contribution is 2.34. The number of urea groups is 1. The monoisotopic (exact) mass is 507 g/mol. The number of benzene rings is 3. The molecule has 6 rings (SSSR count). The van der Waals surface area contributed by atoms with Crippen LogP contribution in [0, 0.1) is 10.1 Å². The van der Waals surface area contributed by atoms with Gasteiger partial charge in [-0.1, -0.05) is 48.5 Å². The number of imidazole rings is 1. The summed E-state index contributed by atoms with van der Waals surface area (Å²) in [6, 6.07) is 22.6. The first kappa shape index (κ1) is 23.3. The van der Waals surface area contributed by atoms with E-state index in [-0.39, 0.29) is 35.9 Å². The summed E-state index contributed by atoms with van der Waals surface area (Å²) in [5, 5.41) is 11.0. The van der Waals surface area contributed by atoms with E-state index >= 15 is 0 Å².